The van der Waals surface area contributed by atoms with Gasteiger partial charge >= 0.3 is 0 Å². The molecular formula is C20H20N4O4. The molecule has 28 heavy (non-hydrogen) atoms. The fraction of sp³-hybridized carbons (Fsp3) is 0.200. The molecule has 0 radical (unpaired) electrons. The molecule has 0 saturated carbocycles. The first-order chi connectivity index (χ1) is 13.5. The van der Waals surface area contributed by atoms with E-state index < -0.39 is 11.8 Å². The summed E-state index contributed by atoms with van der Waals surface area (Å²) in [4.78, 5) is 27.8. The van der Waals surface area contributed by atoms with Crippen LogP contribution in [-0.4, -0.2) is 41.1 Å². The predicted molar refractivity (Wildman–Crippen MR) is 102 cm³/mol. The van der Waals surface area contributed by atoms with Gasteiger partial charge in [-0.15, -0.1) is 9.89 Å². The quantitative estimate of drug-likeness (QED) is 0.632. The van der Waals surface area contributed by atoms with E-state index in [2.05, 4.69) is 10.3 Å². The van der Waals surface area contributed by atoms with Gasteiger partial charge < -0.3 is 9.47 Å². The molecule has 0 aliphatic rings. The number of hydrogen-bond acceptors (Lipinski definition) is 6. The Bertz CT molecular complexity index is 969. The molecular weight excluding hydrogens is 360 g/mol. The van der Waals surface area contributed by atoms with Crippen LogP contribution in [0.5, 0.6) is 11.5 Å². The van der Waals surface area contributed by atoms with Crippen molar-refractivity contribution < 1.29 is 19.1 Å². The lowest BCUT2D eigenvalue weighted by Crippen LogP contribution is -2.46. The van der Waals surface area contributed by atoms with Crippen molar-refractivity contribution in [1.29, 1.82) is 0 Å². The third-order valence-electron chi connectivity index (χ3n) is 4.31. The molecule has 3 rings (SSSR count). The van der Waals surface area contributed by atoms with E-state index in [1.807, 2.05) is 0 Å². The number of hydrogen-bond donors (Lipinski definition) is 0. The minimum Gasteiger partial charge on any atom is -0.497 e. The van der Waals surface area contributed by atoms with Crippen molar-refractivity contribution in [3.63, 3.8) is 0 Å². The second-order valence-corrected chi connectivity index (χ2v) is 6.04. The number of aromatic nitrogens is 3. The molecule has 1 heterocycles. The van der Waals surface area contributed by atoms with Gasteiger partial charge in [0.15, 0.2) is 0 Å². The highest BCUT2D eigenvalue weighted by Crippen LogP contribution is 2.19. The lowest BCUT2D eigenvalue weighted by Gasteiger charge is -2.21. The van der Waals surface area contributed by atoms with Crippen molar-refractivity contribution in [3.05, 3.63) is 71.0 Å². The monoisotopic (exact) mass is 380 g/mol. The zero-order valence-electron chi connectivity index (χ0n) is 16.0. The number of carbonyl (C=O) groups is 2. The van der Waals surface area contributed by atoms with Crippen molar-refractivity contribution in [1.82, 2.24) is 15.1 Å². The number of nitrogens with zero attached hydrogens (tertiary/aromatic N) is 4. The van der Waals surface area contributed by atoms with Gasteiger partial charge in [0, 0.05) is 11.1 Å². The SMILES string of the molecule is COc1cccc(C(=O)N(C(=O)c2cccc(OC)c2)n2nnc(C)c2C)c1. The highest BCUT2D eigenvalue weighted by Gasteiger charge is 2.29. The summed E-state index contributed by atoms with van der Waals surface area (Å²) in [5.74, 6) is -0.100. The summed E-state index contributed by atoms with van der Waals surface area (Å²) in [6.45, 7) is 3.49. The van der Waals surface area contributed by atoms with Gasteiger partial charge in [0.2, 0.25) is 0 Å². The van der Waals surface area contributed by atoms with Crippen molar-refractivity contribution in [3.8, 4) is 11.5 Å². The molecule has 8 nitrogen and oxygen atoms in total. The van der Waals surface area contributed by atoms with Crippen LogP contribution in [-0.2, 0) is 0 Å². The summed E-state index contributed by atoms with van der Waals surface area (Å²) >= 11 is 0. The number of benzene rings is 2. The molecule has 0 bridgehead atoms. The first-order valence-corrected chi connectivity index (χ1v) is 8.52. The number of carbonyl (C=O) groups excluding carboxylic acids is 2. The minimum atomic E-state index is -0.556. The lowest BCUT2D eigenvalue weighted by atomic mass is 10.1. The van der Waals surface area contributed by atoms with E-state index in [4.69, 9.17) is 9.47 Å². The van der Waals surface area contributed by atoms with Crippen LogP contribution in [0.1, 0.15) is 32.1 Å². The van der Waals surface area contributed by atoms with Crippen LogP contribution in [0.3, 0.4) is 0 Å². The van der Waals surface area contributed by atoms with Gasteiger partial charge in [0.05, 0.1) is 25.6 Å². The highest BCUT2D eigenvalue weighted by molar-refractivity contribution is 6.21. The number of methoxy groups -OCH3 is 2. The van der Waals surface area contributed by atoms with Gasteiger partial charge in [-0.05, 0) is 55.5 Å². The smallest absolute Gasteiger partial charge is 0.281 e. The molecule has 0 atom stereocenters. The number of imide groups is 1. The summed E-state index contributed by atoms with van der Waals surface area (Å²) in [6.07, 6.45) is 0. The Kier molecular flexibility index (Phi) is 5.39. The number of rotatable bonds is 5. The molecule has 0 saturated heterocycles. The zero-order valence-corrected chi connectivity index (χ0v) is 16.0. The molecule has 3 aromatic rings. The number of amides is 2. The Morgan fingerprint density at radius 2 is 1.39 bits per heavy atom. The maximum absolute atomic E-state index is 13.3. The Balaban J connectivity index is 2.10. The van der Waals surface area contributed by atoms with E-state index in [1.54, 1.807) is 62.4 Å². The Morgan fingerprint density at radius 3 is 1.79 bits per heavy atom. The summed E-state index contributed by atoms with van der Waals surface area (Å²) in [6, 6.07) is 13.1. The van der Waals surface area contributed by atoms with Crippen LogP contribution in [0.25, 0.3) is 0 Å². The van der Waals surface area contributed by atoms with Crippen molar-refractivity contribution in [2.24, 2.45) is 0 Å². The standard InChI is InChI=1S/C20H20N4O4/c1-13-14(2)24(22-21-13)23(19(25)15-7-5-9-17(11-15)27-3)20(26)16-8-6-10-18(12-16)28-4/h5-12H,1-4H3. The number of ether oxygens (including phenoxy) is 2. The Hall–Kier alpha value is -3.68. The largest absolute Gasteiger partial charge is 0.497 e. The Morgan fingerprint density at radius 1 is 0.893 bits per heavy atom. The molecule has 0 spiro atoms. The van der Waals surface area contributed by atoms with Gasteiger partial charge in [-0.2, -0.15) is 5.01 Å². The van der Waals surface area contributed by atoms with Gasteiger partial charge in [-0.1, -0.05) is 12.1 Å². The molecule has 2 aromatic carbocycles. The van der Waals surface area contributed by atoms with Gasteiger partial charge in [0.1, 0.15) is 11.5 Å². The van der Waals surface area contributed by atoms with Crippen LogP contribution in [0.15, 0.2) is 48.5 Å². The molecule has 2 amide bonds. The number of aryl methyl sites for hydroxylation is 1. The fourth-order valence-electron chi connectivity index (χ4n) is 2.60. The summed E-state index contributed by atoms with van der Waals surface area (Å²) < 4.78 is 10.4. The first-order valence-electron chi connectivity index (χ1n) is 8.52. The van der Waals surface area contributed by atoms with Crippen LogP contribution in [0.4, 0.5) is 0 Å². The van der Waals surface area contributed by atoms with Crippen molar-refractivity contribution >= 4 is 11.8 Å². The minimum absolute atomic E-state index is 0.281. The molecule has 8 heteroatoms. The third-order valence-corrected chi connectivity index (χ3v) is 4.31. The summed E-state index contributed by atoms with van der Waals surface area (Å²) in [5, 5.41) is 8.91. The van der Waals surface area contributed by atoms with E-state index in [0.29, 0.717) is 22.9 Å². The molecule has 0 unspecified atom stereocenters. The molecule has 144 valence electrons. The summed E-state index contributed by atoms with van der Waals surface area (Å²) in [5.41, 5.74) is 1.75. The molecule has 0 aliphatic heterocycles. The normalized spacial score (nSPS) is 10.4. The van der Waals surface area contributed by atoms with Gasteiger partial charge in [-0.25, -0.2) is 0 Å². The maximum atomic E-state index is 13.3. The second kappa shape index (κ2) is 7.91. The van der Waals surface area contributed by atoms with Crippen molar-refractivity contribution in [2.45, 2.75) is 13.8 Å². The summed E-state index contributed by atoms with van der Waals surface area (Å²) in [7, 11) is 3.02. The fourth-order valence-corrected chi connectivity index (χ4v) is 2.60. The van der Waals surface area contributed by atoms with E-state index in [9.17, 15) is 9.59 Å². The van der Waals surface area contributed by atoms with Gasteiger partial charge in [-0.3, -0.25) is 9.59 Å². The molecule has 0 N–H and O–H groups in total. The van der Waals surface area contributed by atoms with Crippen LogP contribution >= 0.6 is 0 Å². The van der Waals surface area contributed by atoms with Crippen molar-refractivity contribution in [2.75, 3.05) is 19.2 Å². The maximum Gasteiger partial charge on any atom is 0.281 e. The first kappa shape index (κ1) is 19.1. The topological polar surface area (TPSA) is 86.5 Å². The highest BCUT2D eigenvalue weighted by atomic mass is 16.5. The Labute approximate surface area is 162 Å². The van der Waals surface area contributed by atoms with Crippen LogP contribution in [0, 0.1) is 13.8 Å². The van der Waals surface area contributed by atoms with E-state index >= 15 is 0 Å². The van der Waals surface area contributed by atoms with Crippen LogP contribution < -0.4 is 14.5 Å². The van der Waals surface area contributed by atoms with Crippen LogP contribution in [0.2, 0.25) is 0 Å². The van der Waals surface area contributed by atoms with E-state index in [1.165, 1.54) is 19.0 Å². The molecule has 1 aromatic heterocycles. The average molecular weight is 380 g/mol. The second-order valence-electron chi connectivity index (χ2n) is 6.04. The zero-order chi connectivity index (χ0) is 20.3. The molecule has 0 aliphatic carbocycles. The average Bonchev–Trinajstić information content (AvgIpc) is 3.06. The third kappa shape index (κ3) is 3.57. The lowest BCUT2D eigenvalue weighted by molar-refractivity contribution is 0.0846. The van der Waals surface area contributed by atoms with E-state index in [-0.39, 0.29) is 11.1 Å². The predicted octanol–water partition coefficient (Wildman–Crippen LogP) is 2.53. The molecule has 0 fully saturated rings. The van der Waals surface area contributed by atoms with E-state index in [0.717, 1.165) is 5.01 Å². The van der Waals surface area contributed by atoms with Gasteiger partial charge in [0.25, 0.3) is 11.8 Å².